The van der Waals surface area contributed by atoms with Gasteiger partial charge in [-0.2, -0.15) is 0 Å². The number of hydrogen-bond donors (Lipinski definition) is 1. The fourth-order valence-electron chi connectivity index (χ4n) is 5.78. The van der Waals surface area contributed by atoms with Gasteiger partial charge in [-0.25, -0.2) is 0 Å². The van der Waals surface area contributed by atoms with E-state index in [0.29, 0.717) is 18.4 Å². The van der Waals surface area contributed by atoms with Gasteiger partial charge in [-0.1, -0.05) is 44.2 Å². The number of nitrogens with one attached hydrogen (secondary N) is 1. The maximum atomic E-state index is 14.2. The standard InChI is InChI=1S/C29H38N4O2/c1-20-15-21(2)18-32(17-20)26-16-24(30-28(34)23-9-10-23)11-12-25(26)29(35)33-14-13-31(3)19-27(33)22-7-5-4-6-8-22/h4-8,11-12,16,20-21,23,27H,9-10,13-15,17-19H2,1-3H3,(H,30,34)/t20-,21-,27-/m0/s1. The number of anilines is 2. The van der Waals surface area contributed by atoms with Gasteiger partial charge < -0.3 is 20.0 Å². The molecule has 2 heterocycles. The minimum absolute atomic E-state index is 0.0174. The molecular formula is C29H38N4O2. The highest BCUT2D eigenvalue weighted by Gasteiger charge is 2.34. The van der Waals surface area contributed by atoms with Crippen LogP contribution in [0.2, 0.25) is 0 Å². The number of carbonyl (C=O) groups is 2. The van der Waals surface area contributed by atoms with Crippen molar-refractivity contribution in [3.63, 3.8) is 0 Å². The van der Waals surface area contributed by atoms with Crippen molar-refractivity contribution in [2.45, 2.75) is 39.2 Å². The Labute approximate surface area is 209 Å². The number of piperazine rings is 1. The molecule has 6 heteroatoms. The molecule has 6 nitrogen and oxygen atoms in total. The highest BCUT2D eigenvalue weighted by Crippen LogP contribution is 2.35. The Morgan fingerprint density at radius 2 is 1.63 bits per heavy atom. The normalized spacial score (nSPS) is 25.4. The Morgan fingerprint density at radius 1 is 0.914 bits per heavy atom. The lowest BCUT2D eigenvalue weighted by Gasteiger charge is -2.42. The van der Waals surface area contributed by atoms with Crippen molar-refractivity contribution in [3.8, 4) is 0 Å². The topological polar surface area (TPSA) is 55.9 Å². The molecule has 0 aromatic heterocycles. The van der Waals surface area contributed by atoms with Crippen LogP contribution in [0.15, 0.2) is 48.5 Å². The average molecular weight is 475 g/mol. The van der Waals surface area contributed by atoms with Gasteiger partial charge in [0.1, 0.15) is 0 Å². The first-order chi connectivity index (χ1) is 16.9. The van der Waals surface area contributed by atoms with E-state index in [1.165, 1.54) is 12.0 Å². The van der Waals surface area contributed by atoms with E-state index in [1.807, 2.05) is 41.3 Å². The SMILES string of the molecule is C[C@H]1C[C@H](C)CN(c2cc(NC(=O)C3CC3)ccc2C(=O)N2CCN(C)C[C@H]2c2ccccc2)C1. The van der Waals surface area contributed by atoms with Crippen LogP contribution >= 0.6 is 0 Å². The third kappa shape index (κ3) is 5.37. The number of rotatable bonds is 5. The van der Waals surface area contributed by atoms with Crippen LogP contribution in [0.25, 0.3) is 0 Å². The van der Waals surface area contributed by atoms with Crippen LogP contribution in [-0.2, 0) is 4.79 Å². The van der Waals surface area contributed by atoms with Crippen molar-refractivity contribution in [1.82, 2.24) is 9.80 Å². The Morgan fingerprint density at radius 3 is 2.31 bits per heavy atom. The molecular weight excluding hydrogens is 436 g/mol. The quantitative estimate of drug-likeness (QED) is 0.686. The molecule has 1 saturated carbocycles. The zero-order valence-electron chi connectivity index (χ0n) is 21.2. The lowest BCUT2D eigenvalue weighted by atomic mass is 9.91. The third-order valence-corrected chi connectivity index (χ3v) is 7.68. The molecule has 3 aliphatic rings. The minimum atomic E-state index is 0.0174. The average Bonchev–Trinajstić information content (AvgIpc) is 3.69. The zero-order valence-corrected chi connectivity index (χ0v) is 21.2. The predicted molar refractivity (Wildman–Crippen MR) is 141 cm³/mol. The highest BCUT2D eigenvalue weighted by molar-refractivity contribution is 6.02. The lowest BCUT2D eigenvalue weighted by Crippen LogP contribution is -2.49. The van der Waals surface area contributed by atoms with Crippen molar-refractivity contribution < 1.29 is 9.59 Å². The second-order valence-corrected chi connectivity index (χ2v) is 11.0. The molecule has 0 radical (unpaired) electrons. The van der Waals surface area contributed by atoms with Crippen LogP contribution in [-0.4, -0.2) is 61.4 Å². The van der Waals surface area contributed by atoms with Gasteiger partial charge in [0.2, 0.25) is 5.91 Å². The molecule has 2 aromatic carbocycles. The Bertz CT molecular complexity index is 1060. The molecule has 186 valence electrons. The number of carbonyl (C=O) groups excluding carboxylic acids is 2. The Kier molecular flexibility index (Phi) is 6.83. The zero-order chi connectivity index (χ0) is 24.5. The third-order valence-electron chi connectivity index (χ3n) is 7.68. The van der Waals surface area contributed by atoms with Crippen LogP contribution in [0.3, 0.4) is 0 Å². The first-order valence-corrected chi connectivity index (χ1v) is 13.1. The van der Waals surface area contributed by atoms with Crippen LogP contribution in [0.5, 0.6) is 0 Å². The van der Waals surface area contributed by atoms with E-state index < -0.39 is 0 Å². The molecule has 0 unspecified atom stereocenters. The Hall–Kier alpha value is -2.86. The Balaban J connectivity index is 1.49. The van der Waals surface area contributed by atoms with Crippen molar-refractivity contribution in [2.75, 3.05) is 50.0 Å². The minimum Gasteiger partial charge on any atom is -0.370 e. The van der Waals surface area contributed by atoms with E-state index >= 15 is 0 Å². The van der Waals surface area contributed by atoms with Crippen molar-refractivity contribution >= 4 is 23.2 Å². The van der Waals surface area contributed by atoms with E-state index in [-0.39, 0.29) is 23.8 Å². The van der Waals surface area contributed by atoms with E-state index in [4.69, 9.17) is 0 Å². The van der Waals surface area contributed by atoms with Crippen LogP contribution in [0.4, 0.5) is 11.4 Å². The maximum Gasteiger partial charge on any atom is 0.256 e. The molecule has 1 aliphatic carbocycles. The number of piperidine rings is 1. The number of likely N-dealkylation sites (N-methyl/N-ethyl adjacent to an activating group) is 1. The molecule has 5 rings (SSSR count). The summed E-state index contributed by atoms with van der Waals surface area (Å²) in [6.45, 7) is 8.80. The first kappa shape index (κ1) is 23.9. The highest BCUT2D eigenvalue weighted by atomic mass is 16.2. The van der Waals surface area contributed by atoms with Gasteiger partial charge in [0, 0.05) is 44.3 Å². The molecule has 2 aliphatic heterocycles. The van der Waals surface area contributed by atoms with Gasteiger partial charge in [-0.05, 0) is 61.9 Å². The molecule has 3 fully saturated rings. The molecule has 0 spiro atoms. The number of nitrogens with zero attached hydrogens (tertiary/aromatic N) is 3. The lowest BCUT2D eigenvalue weighted by molar-refractivity contribution is -0.117. The fourth-order valence-corrected chi connectivity index (χ4v) is 5.78. The summed E-state index contributed by atoms with van der Waals surface area (Å²) < 4.78 is 0. The molecule has 2 aromatic rings. The van der Waals surface area contributed by atoms with Gasteiger partial charge in [-0.3, -0.25) is 9.59 Å². The number of hydrogen-bond acceptors (Lipinski definition) is 4. The summed E-state index contributed by atoms with van der Waals surface area (Å²) in [5.41, 5.74) is 3.65. The molecule has 35 heavy (non-hydrogen) atoms. The smallest absolute Gasteiger partial charge is 0.256 e. The summed E-state index contributed by atoms with van der Waals surface area (Å²) >= 11 is 0. The van der Waals surface area contributed by atoms with Crippen LogP contribution < -0.4 is 10.2 Å². The summed E-state index contributed by atoms with van der Waals surface area (Å²) in [7, 11) is 2.12. The monoisotopic (exact) mass is 474 g/mol. The van der Waals surface area contributed by atoms with Gasteiger partial charge in [-0.15, -0.1) is 0 Å². The van der Waals surface area contributed by atoms with Gasteiger partial charge >= 0.3 is 0 Å². The largest absolute Gasteiger partial charge is 0.370 e. The van der Waals surface area contributed by atoms with Gasteiger partial charge in [0.05, 0.1) is 17.3 Å². The molecule has 1 N–H and O–H groups in total. The van der Waals surface area contributed by atoms with E-state index in [0.717, 1.165) is 56.0 Å². The van der Waals surface area contributed by atoms with E-state index in [1.54, 1.807) is 0 Å². The summed E-state index contributed by atoms with van der Waals surface area (Å²) in [5, 5.41) is 3.09. The van der Waals surface area contributed by atoms with Crippen molar-refractivity contribution in [2.24, 2.45) is 17.8 Å². The summed E-state index contributed by atoms with van der Waals surface area (Å²) in [6.07, 6.45) is 3.15. The second-order valence-electron chi connectivity index (χ2n) is 11.0. The van der Waals surface area contributed by atoms with E-state index in [2.05, 4.69) is 48.1 Å². The number of amides is 2. The van der Waals surface area contributed by atoms with E-state index in [9.17, 15) is 9.59 Å². The molecule has 2 amide bonds. The van der Waals surface area contributed by atoms with Gasteiger partial charge in [0.25, 0.3) is 5.91 Å². The molecule has 2 saturated heterocycles. The van der Waals surface area contributed by atoms with Gasteiger partial charge in [0.15, 0.2) is 0 Å². The summed E-state index contributed by atoms with van der Waals surface area (Å²) in [4.78, 5) is 33.3. The van der Waals surface area contributed by atoms with Crippen molar-refractivity contribution in [3.05, 3.63) is 59.7 Å². The van der Waals surface area contributed by atoms with Crippen molar-refractivity contribution in [1.29, 1.82) is 0 Å². The number of benzene rings is 2. The predicted octanol–water partition coefficient (Wildman–Crippen LogP) is 4.65. The fraction of sp³-hybridized carbons (Fsp3) is 0.517. The van der Waals surface area contributed by atoms with Crippen LogP contribution in [0, 0.1) is 17.8 Å². The summed E-state index contributed by atoms with van der Waals surface area (Å²) in [5.74, 6) is 1.44. The molecule has 3 atom stereocenters. The second kappa shape index (κ2) is 10.0. The first-order valence-electron chi connectivity index (χ1n) is 13.1. The maximum absolute atomic E-state index is 14.2. The summed E-state index contributed by atoms with van der Waals surface area (Å²) in [6, 6.07) is 16.2. The molecule has 0 bridgehead atoms. The van der Waals surface area contributed by atoms with Crippen LogP contribution in [0.1, 0.15) is 55.1 Å².